The van der Waals surface area contributed by atoms with E-state index in [2.05, 4.69) is 11.9 Å². The lowest BCUT2D eigenvalue weighted by Gasteiger charge is -2.12. The third-order valence-electron chi connectivity index (χ3n) is 2.54. The summed E-state index contributed by atoms with van der Waals surface area (Å²) in [4.78, 5) is 11.9. The van der Waals surface area contributed by atoms with Gasteiger partial charge in [0.25, 0.3) is 5.91 Å². The monoisotopic (exact) mass is 282 g/mol. The molecule has 1 amide bonds. The number of aryl methyl sites for hydroxylation is 1. The van der Waals surface area contributed by atoms with Gasteiger partial charge in [0.05, 0.1) is 4.90 Å². The molecular weight excluding hydrogens is 264 g/mol. The molecule has 0 heterocycles. The fourth-order valence-corrected chi connectivity index (χ4v) is 2.30. The molecule has 1 aromatic rings. The van der Waals surface area contributed by atoms with E-state index in [4.69, 9.17) is 5.14 Å². The molecule has 0 aliphatic carbocycles. The summed E-state index contributed by atoms with van der Waals surface area (Å²) < 4.78 is 22.6. The van der Waals surface area contributed by atoms with Crippen molar-refractivity contribution in [3.05, 3.63) is 42.0 Å². The van der Waals surface area contributed by atoms with Gasteiger partial charge in [0.1, 0.15) is 0 Å². The van der Waals surface area contributed by atoms with Gasteiger partial charge in [-0.05, 0) is 44.0 Å². The Morgan fingerprint density at radius 1 is 1.47 bits per heavy atom. The first-order valence-corrected chi connectivity index (χ1v) is 7.35. The Bertz CT molecular complexity index is 594. The summed E-state index contributed by atoms with van der Waals surface area (Å²) in [6, 6.07) is 4.26. The van der Waals surface area contributed by atoms with E-state index in [0.717, 1.165) is 0 Å². The minimum Gasteiger partial charge on any atom is -0.349 e. The highest BCUT2D eigenvalue weighted by atomic mass is 32.2. The van der Waals surface area contributed by atoms with Gasteiger partial charge in [-0.3, -0.25) is 4.79 Å². The van der Waals surface area contributed by atoms with Gasteiger partial charge in [-0.2, -0.15) is 0 Å². The van der Waals surface area contributed by atoms with Crippen LogP contribution in [0.15, 0.2) is 35.7 Å². The number of carbonyl (C=O) groups is 1. The molecule has 0 spiro atoms. The zero-order valence-corrected chi connectivity index (χ0v) is 11.8. The second-order valence-corrected chi connectivity index (χ2v) is 6.04. The zero-order valence-electron chi connectivity index (χ0n) is 11.0. The van der Waals surface area contributed by atoms with Crippen molar-refractivity contribution in [2.45, 2.75) is 31.2 Å². The average molecular weight is 282 g/mol. The number of sulfonamides is 1. The third-order valence-corrected chi connectivity index (χ3v) is 3.43. The topological polar surface area (TPSA) is 89.3 Å². The van der Waals surface area contributed by atoms with Crippen molar-refractivity contribution in [1.82, 2.24) is 5.32 Å². The summed E-state index contributed by atoms with van der Waals surface area (Å²) in [6.07, 6.45) is 2.34. The Labute approximate surface area is 113 Å². The summed E-state index contributed by atoms with van der Waals surface area (Å²) in [5.74, 6) is -0.331. The first kappa shape index (κ1) is 15.4. The number of primary sulfonamides is 1. The molecule has 1 unspecified atom stereocenters. The summed E-state index contributed by atoms with van der Waals surface area (Å²) in [5, 5.41) is 7.83. The maximum atomic E-state index is 12.0. The number of hydrogen-bond acceptors (Lipinski definition) is 3. The van der Waals surface area contributed by atoms with Crippen LogP contribution in [-0.4, -0.2) is 20.4 Å². The van der Waals surface area contributed by atoms with Gasteiger partial charge in [-0.15, -0.1) is 6.58 Å². The number of nitrogens with two attached hydrogens (primary N) is 1. The van der Waals surface area contributed by atoms with Crippen molar-refractivity contribution in [3.8, 4) is 0 Å². The van der Waals surface area contributed by atoms with Crippen molar-refractivity contribution >= 4 is 15.9 Å². The van der Waals surface area contributed by atoms with E-state index in [0.29, 0.717) is 12.0 Å². The Hall–Kier alpha value is -1.66. The van der Waals surface area contributed by atoms with Crippen LogP contribution < -0.4 is 10.5 Å². The van der Waals surface area contributed by atoms with Gasteiger partial charge in [0.15, 0.2) is 0 Å². The first-order chi connectivity index (χ1) is 8.74. The van der Waals surface area contributed by atoms with Crippen molar-refractivity contribution in [3.63, 3.8) is 0 Å². The highest BCUT2D eigenvalue weighted by Gasteiger charge is 2.14. The van der Waals surface area contributed by atoms with Gasteiger partial charge in [-0.25, -0.2) is 13.6 Å². The number of benzene rings is 1. The van der Waals surface area contributed by atoms with Crippen LogP contribution >= 0.6 is 0 Å². The lowest BCUT2D eigenvalue weighted by atomic mass is 10.1. The second kappa shape index (κ2) is 5.99. The Morgan fingerprint density at radius 2 is 2.11 bits per heavy atom. The van der Waals surface area contributed by atoms with E-state index in [-0.39, 0.29) is 22.4 Å². The van der Waals surface area contributed by atoms with Gasteiger partial charge < -0.3 is 5.32 Å². The van der Waals surface area contributed by atoms with Gasteiger partial charge in [0, 0.05) is 11.6 Å². The number of rotatable bonds is 5. The maximum absolute atomic E-state index is 12.0. The normalized spacial score (nSPS) is 12.8. The molecule has 0 aliphatic heterocycles. The molecule has 0 aromatic heterocycles. The Morgan fingerprint density at radius 3 is 2.63 bits per heavy atom. The van der Waals surface area contributed by atoms with E-state index in [1.165, 1.54) is 12.1 Å². The molecule has 1 atom stereocenters. The van der Waals surface area contributed by atoms with Gasteiger partial charge in [0.2, 0.25) is 10.0 Å². The van der Waals surface area contributed by atoms with E-state index in [1.54, 1.807) is 19.1 Å². The number of hydrogen-bond donors (Lipinski definition) is 2. The van der Waals surface area contributed by atoms with Crippen LogP contribution in [0.5, 0.6) is 0 Å². The minimum absolute atomic E-state index is 0.0611. The molecule has 6 heteroatoms. The Kier molecular flexibility index (Phi) is 4.85. The quantitative estimate of drug-likeness (QED) is 0.799. The SMILES string of the molecule is C=CCC(C)NC(=O)c1cc(C)cc(S(N)(=O)=O)c1. The van der Waals surface area contributed by atoms with Crippen LogP contribution in [0.4, 0.5) is 0 Å². The summed E-state index contributed by atoms with van der Waals surface area (Å²) in [6.45, 7) is 7.14. The standard InChI is InChI=1S/C13H18N2O3S/c1-4-5-10(3)15-13(16)11-6-9(2)7-12(8-11)19(14,17)18/h4,6-8,10H,1,5H2,2-3H3,(H,15,16)(H2,14,17,18). The van der Waals surface area contributed by atoms with Crippen molar-refractivity contribution < 1.29 is 13.2 Å². The molecule has 3 N–H and O–H groups in total. The first-order valence-electron chi connectivity index (χ1n) is 5.80. The predicted molar refractivity (Wildman–Crippen MR) is 74.3 cm³/mol. The van der Waals surface area contributed by atoms with Crippen LogP contribution in [0.2, 0.25) is 0 Å². The average Bonchev–Trinajstić information content (AvgIpc) is 2.27. The smallest absolute Gasteiger partial charge is 0.251 e. The van der Waals surface area contributed by atoms with Gasteiger partial charge >= 0.3 is 0 Å². The molecule has 0 fully saturated rings. The molecule has 1 aromatic carbocycles. The van der Waals surface area contributed by atoms with Crippen LogP contribution in [0.1, 0.15) is 29.3 Å². The number of carbonyl (C=O) groups excluding carboxylic acids is 1. The zero-order chi connectivity index (χ0) is 14.6. The van der Waals surface area contributed by atoms with E-state index >= 15 is 0 Å². The third kappa shape index (κ3) is 4.50. The van der Waals surface area contributed by atoms with Crippen molar-refractivity contribution in [1.29, 1.82) is 0 Å². The maximum Gasteiger partial charge on any atom is 0.251 e. The molecule has 0 aliphatic rings. The second-order valence-electron chi connectivity index (χ2n) is 4.48. The summed E-state index contributed by atoms with van der Waals surface area (Å²) in [5.41, 5.74) is 0.938. The molecule has 1 rings (SSSR count). The van der Waals surface area contributed by atoms with Crippen LogP contribution in [0.3, 0.4) is 0 Å². The molecule has 104 valence electrons. The molecule has 0 saturated heterocycles. The van der Waals surface area contributed by atoms with Gasteiger partial charge in [-0.1, -0.05) is 6.08 Å². The van der Waals surface area contributed by atoms with E-state index < -0.39 is 10.0 Å². The highest BCUT2D eigenvalue weighted by molar-refractivity contribution is 7.89. The van der Waals surface area contributed by atoms with Crippen molar-refractivity contribution in [2.75, 3.05) is 0 Å². The molecule has 0 saturated carbocycles. The summed E-state index contributed by atoms with van der Waals surface area (Å²) in [7, 11) is -3.82. The van der Waals surface area contributed by atoms with Crippen LogP contribution in [-0.2, 0) is 10.0 Å². The Balaban J connectivity index is 3.04. The lowest BCUT2D eigenvalue weighted by Crippen LogP contribution is -2.32. The lowest BCUT2D eigenvalue weighted by molar-refractivity contribution is 0.0940. The minimum atomic E-state index is -3.82. The highest BCUT2D eigenvalue weighted by Crippen LogP contribution is 2.14. The summed E-state index contributed by atoms with van der Waals surface area (Å²) >= 11 is 0. The fraction of sp³-hybridized carbons (Fsp3) is 0.308. The predicted octanol–water partition coefficient (Wildman–Crippen LogP) is 1.34. The molecular formula is C13H18N2O3S. The van der Waals surface area contributed by atoms with Crippen LogP contribution in [0, 0.1) is 6.92 Å². The molecule has 19 heavy (non-hydrogen) atoms. The fourth-order valence-electron chi connectivity index (χ4n) is 1.66. The largest absolute Gasteiger partial charge is 0.349 e. The molecule has 0 radical (unpaired) electrons. The van der Waals surface area contributed by atoms with Crippen molar-refractivity contribution in [2.24, 2.45) is 5.14 Å². The number of nitrogens with one attached hydrogen (secondary N) is 1. The van der Waals surface area contributed by atoms with E-state index in [9.17, 15) is 13.2 Å². The number of amides is 1. The van der Waals surface area contributed by atoms with E-state index in [1.807, 2.05) is 6.92 Å². The molecule has 0 bridgehead atoms. The van der Waals surface area contributed by atoms with Crippen LogP contribution in [0.25, 0.3) is 0 Å². The molecule has 5 nitrogen and oxygen atoms in total.